The van der Waals surface area contributed by atoms with Crippen LogP contribution in [0.1, 0.15) is 65.3 Å². The molecule has 5 rings (SSSR count). The van der Waals surface area contributed by atoms with Gasteiger partial charge in [0.1, 0.15) is 11.0 Å². The highest BCUT2D eigenvalue weighted by molar-refractivity contribution is 6.29. The molecule has 0 amide bonds. The molecule has 2 aromatic heterocycles. The van der Waals surface area contributed by atoms with E-state index < -0.39 is 0 Å². The summed E-state index contributed by atoms with van der Waals surface area (Å²) in [6, 6.07) is 1.89. The molecule has 0 aromatic carbocycles. The Morgan fingerprint density at radius 3 is 3.00 bits per heavy atom. The van der Waals surface area contributed by atoms with E-state index in [1.807, 2.05) is 6.07 Å². The average Bonchev–Trinajstić information content (AvgIpc) is 3.08. The predicted molar refractivity (Wildman–Crippen MR) is 92.4 cm³/mol. The number of carbonyl (C=O) groups excluding carboxylic acids is 1. The van der Waals surface area contributed by atoms with E-state index in [4.69, 9.17) is 17.3 Å². The summed E-state index contributed by atoms with van der Waals surface area (Å²) < 4.78 is 1.48. The molecule has 2 heterocycles. The number of aryl methyl sites for hydroxylation is 2. The fraction of sp³-hybridized carbons (Fsp3) is 0.556. The Balaban J connectivity index is 1.51. The van der Waals surface area contributed by atoms with Crippen molar-refractivity contribution in [3.8, 4) is 0 Å². The number of H-pyrrole nitrogens is 1. The summed E-state index contributed by atoms with van der Waals surface area (Å²) in [5, 5.41) is 5.20. The number of anilines is 1. The molecule has 6 heteroatoms. The number of aromatic amines is 1. The van der Waals surface area contributed by atoms with Crippen LogP contribution in [-0.2, 0) is 19.3 Å². The molecule has 3 aliphatic rings. The highest BCUT2D eigenvalue weighted by atomic mass is 35.5. The summed E-state index contributed by atoms with van der Waals surface area (Å²) in [6.07, 6.45) is 8.46. The van der Waals surface area contributed by atoms with Gasteiger partial charge in [0.2, 0.25) is 0 Å². The largest absolute Gasteiger partial charge is 0.383 e. The summed E-state index contributed by atoms with van der Waals surface area (Å²) in [5.74, 6) is 0.356. The van der Waals surface area contributed by atoms with Crippen molar-refractivity contribution in [1.29, 1.82) is 0 Å². The zero-order valence-corrected chi connectivity index (χ0v) is 14.3. The molecule has 3 N–H and O–H groups in total. The Morgan fingerprint density at radius 1 is 1.38 bits per heavy atom. The lowest BCUT2D eigenvalue weighted by atomic mass is 9.84. The van der Waals surface area contributed by atoms with E-state index in [0.29, 0.717) is 16.4 Å². The van der Waals surface area contributed by atoms with E-state index in [9.17, 15) is 4.79 Å². The predicted octanol–water partition coefficient (Wildman–Crippen LogP) is 3.48. The molecule has 5 nitrogen and oxygen atoms in total. The number of nitrogens with one attached hydrogen (secondary N) is 1. The van der Waals surface area contributed by atoms with Gasteiger partial charge in [0.05, 0.1) is 11.6 Å². The first-order chi connectivity index (χ1) is 11.6. The zero-order valence-electron chi connectivity index (χ0n) is 13.6. The van der Waals surface area contributed by atoms with E-state index in [1.165, 1.54) is 23.9 Å². The van der Waals surface area contributed by atoms with Gasteiger partial charge < -0.3 is 10.7 Å². The van der Waals surface area contributed by atoms with Crippen LogP contribution in [0.4, 0.5) is 5.82 Å². The third-order valence-electron chi connectivity index (χ3n) is 6.21. The van der Waals surface area contributed by atoms with Gasteiger partial charge in [-0.25, -0.2) is 0 Å². The molecular weight excluding hydrogens is 324 g/mol. The van der Waals surface area contributed by atoms with Gasteiger partial charge in [-0.05, 0) is 68.4 Å². The van der Waals surface area contributed by atoms with Crippen LogP contribution >= 0.6 is 11.6 Å². The quantitative estimate of drug-likeness (QED) is 0.831. The summed E-state index contributed by atoms with van der Waals surface area (Å²) in [7, 11) is 0. The maximum atomic E-state index is 13.2. The van der Waals surface area contributed by atoms with Crippen molar-refractivity contribution >= 4 is 23.3 Å². The van der Waals surface area contributed by atoms with Gasteiger partial charge in [-0.3, -0.25) is 4.79 Å². The Kier molecular flexibility index (Phi) is 2.97. The molecule has 3 aliphatic carbocycles. The molecule has 0 aliphatic heterocycles. The third-order valence-corrected chi connectivity index (χ3v) is 6.41. The minimum atomic E-state index is -0.198. The molecule has 2 aromatic rings. The lowest BCUT2D eigenvalue weighted by Crippen LogP contribution is -2.25. The number of hydrogen-bond acceptors (Lipinski definition) is 3. The molecular formula is C18H21ClN4O. The maximum absolute atomic E-state index is 13.2. The van der Waals surface area contributed by atoms with Crippen LogP contribution in [-0.4, -0.2) is 20.7 Å². The van der Waals surface area contributed by atoms with Crippen LogP contribution in [0.3, 0.4) is 0 Å². The van der Waals surface area contributed by atoms with Gasteiger partial charge in [-0.1, -0.05) is 11.6 Å². The van der Waals surface area contributed by atoms with Gasteiger partial charge in [0.25, 0.3) is 5.91 Å². The smallest absolute Gasteiger partial charge is 0.256 e. The van der Waals surface area contributed by atoms with Crippen LogP contribution < -0.4 is 5.73 Å². The van der Waals surface area contributed by atoms with E-state index in [2.05, 4.69) is 10.1 Å². The lowest BCUT2D eigenvalue weighted by Gasteiger charge is -2.21. The average molecular weight is 345 g/mol. The number of nitrogens with two attached hydrogens (primary N) is 1. The number of rotatable bonds is 1. The second kappa shape index (κ2) is 4.88. The zero-order chi connectivity index (χ0) is 16.5. The van der Waals surface area contributed by atoms with Gasteiger partial charge in [0, 0.05) is 11.3 Å². The molecule has 0 radical (unpaired) electrons. The molecule has 1 fully saturated rings. The number of aromatic nitrogens is 3. The van der Waals surface area contributed by atoms with Crippen LogP contribution in [0.2, 0.25) is 5.15 Å². The van der Waals surface area contributed by atoms with E-state index in [0.717, 1.165) is 54.6 Å². The van der Waals surface area contributed by atoms with E-state index in [-0.39, 0.29) is 11.8 Å². The number of nitrogens with zero attached hydrogens (tertiary/aromatic N) is 2. The first-order valence-electron chi connectivity index (χ1n) is 8.84. The van der Waals surface area contributed by atoms with Crippen molar-refractivity contribution in [1.82, 2.24) is 14.8 Å². The summed E-state index contributed by atoms with van der Waals surface area (Å²) >= 11 is 6.11. The van der Waals surface area contributed by atoms with E-state index in [1.54, 1.807) is 0 Å². The van der Waals surface area contributed by atoms with E-state index >= 15 is 0 Å². The van der Waals surface area contributed by atoms with Gasteiger partial charge in [-0.2, -0.15) is 9.78 Å². The molecule has 126 valence electrons. The molecule has 1 unspecified atom stereocenters. The minimum absolute atomic E-state index is 0.0108. The highest BCUT2D eigenvalue weighted by Crippen LogP contribution is 2.55. The molecule has 1 saturated carbocycles. The third kappa shape index (κ3) is 2.07. The number of halogens is 1. The SMILES string of the molecule is Nc1c2c(nn1C(=O)C1CCCc3[nH]c(Cl)cc31)CCC1(CC1)C2. The second-order valence-electron chi connectivity index (χ2n) is 7.73. The Morgan fingerprint density at radius 2 is 2.21 bits per heavy atom. The number of hydrogen-bond donors (Lipinski definition) is 2. The Hall–Kier alpha value is -1.75. The topological polar surface area (TPSA) is 76.7 Å². The first-order valence-corrected chi connectivity index (χ1v) is 9.22. The monoisotopic (exact) mass is 344 g/mol. The highest BCUT2D eigenvalue weighted by Gasteiger charge is 2.46. The number of carbonyl (C=O) groups is 1. The fourth-order valence-corrected chi connectivity index (χ4v) is 4.79. The molecule has 0 bridgehead atoms. The molecule has 24 heavy (non-hydrogen) atoms. The first kappa shape index (κ1) is 14.6. The summed E-state index contributed by atoms with van der Waals surface area (Å²) in [6.45, 7) is 0. The minimum Gasteiger partial charge on any atom is -0.383 e. The van der Waals surface area contributed by atoms with Crippen molar-refractivity contribution < 1.29 is 4.79 Å². The van der Waals surface area contributed by atoms with Crippen molar-refractivity contribution in [3.63, 3.8) is 0 Å². The molecule has 1 atom stereocenters. The summed E-state index contributed by atoms with van der Waals surface area (Å²) in [4.78, 5) is 16.3. The van der Waals surface area contributed by atoms with Crippen LogP contribution in [0, 0.1) is 5.41 Å². The second-order valence-corrected chi connectivity index (χ2v) is 8.14. The maximum Gasteiger partial charge on any atom is 0.256 e. The summed E-state index contributed by atoms with van der Waals surface area (Å²) in [5.41, 5.74) is 11.1. The molecule has 1 spiro atoms. The molecule has 0 saturated heterocycles. The number of nitrogen functional groups attached to an aromatic ring is 1. The van der Waals surface area contributed by atoms with Crippen molar-refractivity contribution in [2.45, 2.75) is 57.3 Å². The van der Waals surface area contributed by atoms with Crippen molar-refractivity contribution in [3.05, 3.63) is 33.7 Å². The Labute approximate surface area is 145 Å². The van der Waals surface area contributed by atoms with Crippen molar-refractivity contribution in [2.75, 3.05) is 5.73 Å². The van der Waals surface area contributed by atoms with Gasteiger partial charge >= 0.3 is 0 Å². The lowest BCUT2D eigenvalue weighted by molar-refractivity contribution is 0.0854. The van der Waals surface area contributed by atoms with Crippen LogP contribution in [0.25, 0.3) is 0 Å². The van der Waals surface area contributed by atoms with Gasteiger partial charge in [0.15, 0.2) is 0 Å². The number of fused-ring (bicyclic) bond motifs is 2. The fourth-order valence-electron chi connectivity index (χ4n) is 4.56. The van der Waals surface area contributed by atoms with Gasteiger partial charge in [-0.15, -0.1) is 0 Å². The standard InChI is InChI=1S/C18H21ClN4O/c19-15-8-11-10(2-1-3-13(11)21-15)17(24)23-16(20)12-9-18(6-7-18)5-4-14(12)22-23/h8,10,21H,1-7,9,20H2. The van der Waals surface area contributed by atoms with Crippen molar-refractivity contribution in [2.24, 2.45) is 5.41 Å². The Bertz CT molecular complexity index is 846. The van der Waals surface area contributed by atoms with Crippen LogP contribution in [0.5, 0.6) is 0 Å². The normalized spacial score (nSPS) is 23.8. The van der Waals surface area contributed by atoms with Crippen LogP contribution in [0.15, 0.2) is 6.07 Å².